The topological polar surface area (TPSA) is 57.1 Å². The Morgan fingerprint density at radius 2 is 2.05 bits per heavy atom. The van der Waals surface area contributed by atoms with Gasteiger partial charge in [-0.15, -0.1) is 0 Å². The second-order valence-electron chi connectivity index (χ2n) is 4.53. The number of fused-ring (bicyclic) bond motifs is 1. The van der Waals surface area contributed by atoms with E-state index in [4.69, 9.17) is 14.2 Å². The third-order valence-electron chi connectivity index (χ3n) is 3.04. The molecule has 1 aromatic carbocycles. The third kappa shape index (κ3) is 2.52. The molecule has 0 saturated heterocycles. The van der Waals surface area contributed by atoms with Crippen LogP contribution in [0.1, 0.15) is 25.3 Å². The quantitative estimate of drug-likeness (QED) is 0.614. The van der Waals surface area contributed by atoms with Crippen molar-refractivity contribution in [3.63, 3.8) is 0 Å². The van der Waals surface area contributed by atoms with E-state index in [1.54, 1.807) is 6.08 Å². The fraction of sp³-hybridized carbons (Fsp3) is 0.333. The molecule has 0 atom stereocenters. The molecule has 0 aliphatic carbocycles. The number of carbonyl (C=O) groups excluding carboxylic acids is 1. The Hall–Kier alpha value is -2.30. The van der Waals surface area contributed by atoms with Gasteiger partial charge in [-0.2, -0.15) is 0 Å². The van der Waals surface area contributed by atoms with Crippen molar-refractivity contribution in [1.82, 2.24) is 0 Å². The first-order valence-corrected chi connectivity index (χ1v) is 6.67. The molecule has 0 aromatic heterocycles. The maximum Gasteiger partial charge on any atom is 0.363 e. The summed E-state index contributed by atoms with van der Waals surface area (Å²) in [4.78, 5) is 15.8. The summed E-state index contributed by atoms with van der Waals surface area (Å²) in [5, 5.41) is 0. The molecule has 0 spiro atoms. The summed E-state index contributed by atoms with van der Waals surface area (Å²) in [5.74, 6) is 1.48. The van der Waals surface area contributed by atoms with Crippen molar-refractivity contribution in [1.29, 1.82) is 0 Å². The number of benzene rings is 1. The van der Waals surface area contributed by atoms with Crippen molar-refractivity contribution in [2.75, 3.05) is 13.2 Å². The number of hydrogen-bond donors (Lipinski definition) is 0. The minimum atomic E-state index is -0.408. The number of cyclic esters (lactones) is 1. The monoisotopic (exact) mass is 273 g/mol. The van der Waals surface area contributed by atoms with Gasteiger partial charge in [-0.05, 0) is 23.8 Å². The zero-order valence-corrected chi connectivity index (χ0v) is 11.2. The van der Waals surface area contributed by atoms with Crippen LogP contribution in [0.2, 0.25) is 0 Å². The van der Waals surface area contributed by atoms with Crippen LogP contribution >= 0.6 is 0 Å². The molecule has 104 valence electrons. The predicted octanol–water partition coefficient (Wildman–Crippen LogP) is 2.55. The summed E-state index contributed by atoms with van der Waals surface area (Å²) in [6.45, 7) is 3.18. The maximum atomic E-state index is 11.6. The molecule has 5 heteroatoms. The highest BCUT2D eigenvalue weighted by Crippen LogP contribution is 2.31. The van der Waals surface area contributed by atoms with Gasteiger partial charge in [0.25, 0.3) is 0 Å². The highest BCUT2D eigenvalue weighted by atomic mass is 16.6. The predicted molar refractivity (Wildman–Crippen MR) is 73.8 cm³/mol. The van der Waals surface area contributed by atoms with Crippen molar-refractivity contribution in [3.05, 3.63) is 29.5 Å². The van der Waals surface area contributed by atoms with Gasteiger partial charge >= 0.3 is 5.97 Å². The molecule has 0 bridgehead atoms. The average Bonchev–Trinajstić information content (AvgIpc) is 2.67. The molecule has 0 fully saturated rings. The Morgan fingerprint density at radius 1 is 1.25 bits per heavy atom. The molecule has 0 radical (unpaired) electrons. The Labute approximate surface area is 116 Å². The van der Waals surface area contributed by atoms with Crippen molar-refractivity contribution < 1.29 is 19.0 Å². The first-order chi connectivity index (χ1) is 9.76. The van der Waals surface area contributed by atoms with E-state index >= 15 is 0 Å². The summed E-state index contributed by atoms with van der Waals surface area (Å²) in [6.07, 6.45) is 3.16. The van der Waals surface area contributed by atoms with Gasteiger partial charge in [-0.3, -0.25) is 0 Å². The summed E-state index contributed by atoms with van der Waals surface area (Å²) in [7, 11) is 0. The van der Waals surface area contributed by atoms with Gasteiger partial charge in [0.2, 0.25) is 0 Å². The van der Waals surface area contributed by atoms with Crippen LogP contribution in [0.4, 0.5) is 0 Å². The number of ether oxygens (including phenoxy) is 3. The van der Waals surface area contributed by atoms with Crippen molar-refractivity contribution in [2.24, 2.45) is 4.99 Å². The zero-order chi connectivity index (χ0) is 13.9. The van der Waals surface area contributed by atoms with Gasteiger partial charge in [0.15, 0.2) is 23.1 Å². The van der Waals surface area contributed by atoms with Crippen LogP contribution in [0.3, 0.4) is 0 Å². The molecule has 2 aliphatic heterocycles. The van der Waals surface area contributed by atoms with Crippen LogP contribution in [0.25, 0.3) is 6.08 Å². The number of hydrogen-bond acceptors (Lipinski definition) is 5. The van der Waals surface area contributed by atoms with E-state index in [1.165, 1.54) is 0 Å². The van der Waals surface area contributed by atoms with Gasteiger partial charge in [-0.1, -0.05) is 13.0 Å². The van der Waals surface area contributed by atoms with Crippen LogP contribution in [-0.4, -0.2) is 25.1 Å². The molecule has 0 saturated carbocycles. The molecule has 20 heavy (non-hydrogen) atoms. The van der Waals surface area contributed by atoms with Gasteiger partial charge in [0.1, 0.15) is 0 Å². The number of aliphatic imine (C=N–C) groups is 1. The number of nitrogens with zero attached hydrogens (tertiary/aromatic N) is 1. The van der Waals surface area contributed by atoms with Crippen molar-refractivity contribution >= 4 is 17.9 Å². The van der Waals surface area contributed by atoms with Crippen LogP contribution in [0.5, 0.6) is 11.5 Å². The van der Waals surface area contributed by atoms with Crippen LogP contribution in [0, 0.1) is 0 Å². The Morgan fingerprint density at radius 3 is 2.80 bits per heavy atom. The number of esters is 1. The summed E-state index contributed by atoms with van der Waals surface area (Å²) in [6, 6.07) is 5.56. The van der Waals surface area contributed by atoms with E-state index in [1.807, 2.05) is 25.1 Å². The molecule has 3 rings (SSSR count). The summed E-state index contributed by atoms with van der Waals surface area (Å²) in [5.41, 5.74) is 1.15. The highest BCUT2D eigenvalue weighted by molar-refractivity contribution is 6.07. The SMILES string of the molecule is CCC1=N/C(=C/c2ccc3c(c2)OCCCO3)C(=O)O1. The molecule has 1 aromatic rings. The molecular formula is C15H15NO4. The van der Waals surface area contributed by atoms with Gasteiger partial charge in [0.05, 0.1) is 13.2 Å². The second kappa shape index (κ2) is 5.36. The largest absolute Gasteiger partial charge is 0.490 e. The van der Waals surface area contributed by atoms with Gasteiger partial charge in [-0.25, -0.2) is 9.79 Å². The third-order valence-corrected chi connectivity index (χ3v) is 3.04. The molecule has 0 unspecified atom stereocenters. The van der Waals surface area contributed by atoms with Crippen LogP contribution < -0.4 is 9.47 Å². The molecular weight excluding hydrogens is 258 g/mol. The van der Waals surface area contributed by atoms with E-state index in [2.05, 4.69) is 4.99 Å². The Balaban J connectivity index is 1.90. The smallest absolute Gasteiger partial charge is 0.363 e. The van der Waals surface area contributed by atoms with Crippen LogP contribution in [0.15, 0.2) is 28.9 Å². The minimum absolute atomic E-state index is 0.316. The van der Waals surface area contributed by atoms with Crippen molar-refractivity contribution in [2.45, 2.75) is 19.8 Å². The summed E-state index contributed by atoms with van der Waals surface area (Å²) >= 11 is 0. The van der Waals surface area contributed by atoms with E-state index < -0.39 is 5.97 Å². The fourth-order valence-electron chi connectivity index (χ4n) is 2.03. The second-order valence-corrected chi connectivity index (χ2v) is 4.53. The molecule has 0 N–H and O–H groups in total. The van der Waals surface area contributed by atoms with Crippen molar-refractivity contribution in [3.8, 4) is 11.5 Å². The Bertz CT molecular complexity index is 604. The molecule has 2 aliphatic rings. The van der Waals surface area contributed by atoms with Gasteiger partial charge < -0.3 is 14.2 Å². The fourth-order valence-corrected chi connectivity index (χ4v) is 2.03. The van der Waals surface area contributed by atoms with E-state index in [9.17, 15) is 4.79 Å². The van der Waals surface area contributed by atoms with Crippen LogP contribution in [-0.2, 0) is 9.53 Å². The van der Waals surface area contributed by atoms with E-state index in [0.717, 1.165) is 17.7 Å². The molecule has 5 nitrogen and oxygen atoms in total. The lowest BCUT2D eigenvalue weighted by Crippen LogP contribution is -2.02. The first-order valence-electron chi connectivity index (χ1n) is 6.67. The first kappa shape index (κ1) is 12.7. The lowest BCUT2D eigenvalue weighted by Gasteiger charge is -2.07. The summed E-state index contributed by atoms with van der Waals surface area (Å²) < 4.78 is 16.2. The van der Waals surface area contributed by atoms with E-state index in [-0.39, 0.29) is 0 Å². The normalized spacial score (nSPS) is 19.6. The standard InChI is InChI=1S/C15H15NO4/c1-2-14-16-11(15(17)20-14)8-10-4-5-12-13(9-10)19-7-3-6-18-12/h4-5,8-9H,2-3,6-7H2,1H3/b11-8+. The van der Waals surface area contributed by atoms with Gasteiger partial charge in [0, 0.05) is 12.8 Å². The lowest BCUT2D eigenvalue weighted by molar-refractivity contribution is -0.130. The zero-order valence-electron chi connectivity index (χ0n) is 11.2. The average molecular weight is 273 g/mol. The minimum Gasteiger partial charge on any atom is -0.490 e. The molecule has 0 amide bonds. The number of rotatable bonds is 2. The Kier molecular flexibility index (Phi) is 3.41. The van der Waals surface area contributed by atoms with E-state index in [0.29, 0.717) is 37.0 Å². The lowest BCUT2D eigenvalue weighted by atomic mass is 10.1. The molecule has 2 heterocycles. The number of carbonyl (C=O) groups is 1. The highest BCUT2D eigenvalue weighted by Gasteiger charge is 2.21. The maximum absolute atomic E-state index is 11.6.